The van der Waals surface area contributed by atoms with Crippen LogP contribution in [0.5, 0.6) is 23.0 Å². The molecule has 0 aliphatic rings. The first kappa shape index (κ1) is 16.5. The molecule has 0 atom stereocenters. The molecule has 6 nitrogen and oxygen atoms in total. The number of nitro benzene ring substituents is 1. The second-order valence-corrected chi connectivity index (χ2v) is 4.45. The molecule has 2 rings (SSSR count). The molecule has 2 aromatic rings. The van der Waals surface area contributed by atoms with Crippen molar-refractivity contribution >= 4 is 5.69 Å². The number of halogens is 1. The van der Waals surface area contributed by atoms with Gasteiger partial charge in [0, 0.05) is 6.07 Å². The van der Waals surface area contributed by atoms with Gasteiger partial charge in [-0.2, -0.15) is 0 Å². The van der Waals surface area contributed by atoms with Gasteiger partial charge in [0.1, 0.15) is 11.6 Å². The average Bonchev–Trinajstić information content (AvgIpc) is 2.52. The molecule has 0 saturated heterocycles. The number of rotatable bonds is 7. The van der Waals surface area contributed by atoms with E-state index in [0.29, 0.717) is 19.0 Å². The molecule has 7 heteroatoms. The zero-order valence-electron chi connectivity index (χ0n) is 12.7. The van der Waals surface area contributed by atoms with Crippen molar-refractivity contribution in [2.24, 2.45) is 0 Å². The van der Waals surface area contributed by atoms with E-state index >= 15 is 0 Å². The number of benzene rings is 2. The standard InChI is InChI=1S/C16H16FNO5/c1-3-21-15-9-13(18(19)20)14(10-16(15)22-4-2)23-12-7-5-11(17)6-8-12/h5-10H,3-4H2,1-2H3. The third kappa shape index (κ3) is 4.09. The third-order valence-corrected chi connectivity index (χ3v) is 2.86. The largest absolute Gasteiger partial charge is 0.490 e. The van der Waals surface area contributed by atoms with Gasteiger partial charge in [-0.1, -0.05) is 0 Å². The summed E-state index contributed by atoms with van der Waals surface area (Å²) in [5.41, 5.74) is -0.263. The van der Waals surface area contributed by atoms with Crippen LogP contribution in [0.25, 0.3) is 0 Å². The molecule has 23 heavy (non-hydrogen) atoms. The Morgan fingerprint density at radius 1 is 1.00 bits per heavy atom. The van der Waals surface area contributed by atoms with Crippen molar-refractivity contribution in [2.75, 3.05) is 13.2 Å². The molecule has 0 heterocycles. The molecule has 0 spiro atoms. The maximum Gasteiger partial charge on any atom is 0.315 e. The van der Waals surface area contributed by atoms with Crippen LogP contribution < -0.4 is 14.2 Å². The lowest BCUT2D eigenvalue weighted by atomic mass is 10.2. The fourth-order valence-corrected chi connectivity index (χ4v) is 1.92. The summed E-state index contributed by atoms with van der Waals surface area (Å²) in [4.78, 5) is 10.7. The first-order valence-corrected chi connectivity index (χ1v) is 7.06. The molecule has 0 saturated carbocycles. The molecule has 0 bridgehead atoms. The lowest BCUT2D eigenvalue weighted by Gasteiger charge is -2.13. The third-order valence-electron chi connectivity index (χ3n) is 2.86. The molecular weight excluding hydrogens is 305 g/mol. The van der Waals surface area contributed by atoms with Crippen LogP contribution in [0.1, 0.15) is 13.8 Å². The minimum absolute atomic E-state index is 0.00601. The van der Waals surface area contributed by atoms with Crippen molar-refractivity contribution in [1.82, 2.24) is 0 Å². The van der Waals surface area contributed by atoms with Crippen molar-refractivity contribution in [3.05, 3.63) is 52.3 Å². The summed E-state index contributed by atoms with van der Waals surface area (Å²) in [7, 11) is 0. The van der Waals surface area contributed by atoms with Gasteiger partial charge in [-0.15, -0.1) is 0 Å². The fraction of sp³-hybridized carbons (Fsp3) is 0.250. The van der Waals surface area contributed by atoms with E-state index in [1.807, 2.05) is 0 Å². The van der Waals surface area contributed by atoms with Crippen molar-refractivity contribution in [3.63, 3.8) is 0 Å². The van der Waals surface area contributed by atoms with Gasteiger partial charge in [-0.3, -0.25) is 10.1 Å². The molecule has 0 radical (unpaired) electrons. The summed E-state index contributed by atoms with van der Waals surface area (Å²) in [6.45, 7) is 4.27. The Morgan fingerprint density at radius 3 is 2.09 bits per heavy atom. The van der Waals surface area contributed by atoms with Gasteiger partial charge in [-0.25, -0.2) is 4.39 Å². The second-order valence-electron chi connectivity index (χ2n) is 4.45. The molecule has 0 aliphatic heterocycles. The predicted molar refractivity (Wildman–Crippen MR) is 81.9 cm³/mol. The predicted octanol–water partition coefficient (Wildman–Crippen LogP) is 4.32. The second kappa shape index (κ2) is 7.44. The molecule has 122 valence electrons. The summed E-state index contributed by atoms with van der Waals surface area (Å²) in [6.07, 6.45) is 0. The lowest BCUT2D eigenvalue weighted by molar-refractivity contribution is -0.385. The Labute approximate surface area is 132 Å². The van der Waals surface area contributed by atoms with E-state index in [1.165, 1.54) is 36.4 Å². The van der Waals surface area contributed by atoms with Crippen LogP contribution in [0.3, 0.4) is 0 Å². The summed E-state index contributed by atoms with van der Waals surface area (Å²) in [6, 6.07) is 7.84. The van der Waals surface area contributed by atoms with Crippen LogP contribution in [0, 0.1) is 15.9 Å². The number of nitrogens with zero attached hydrogens (tertiary/aromatic N) is 1. The quantitative estimate of drug-likeness (QED) is 0.561. The highest BCUT2D eigenvalue weighted by molar-refractivity contribution is 5.59. The van der Waals surface area contributed by atoms with Gasteiger partial charge in [0.25, 0.3) is 0 Å². The fourth-order valence-electron chi connectivity index (χ4n) is 1.92. The molecule has 0 unspecified atom stereocenters. The Balaban J connectivity index is 2.44. The van der Waals surface area contributed by atoms with Crippen molar-refractivity contribution in [1.29, 1.82) is 0 Å². The Kier molecular flexibility index (Phi) is 5.35. The van der Waals surface area contributed by atoms with Crippen molar-refractivity contribution in [2.45, 2.75) is 13.8 Å². The van der Waals surface area contributed by atoms with Gasteiger partial charge in [0.2, 0.25) is 5.75 Å². The Bertz CT molecular complexity index is 688. The van der Waals surface area contributed by atoms with E-state index < -0.39 is 10.7 Å². The molecular formula is C16H16FNO5. The Hall–Kier alpha value is -2.83. The van der Waals surface area contributed by atoms with E-state index in [-0.39, 0.29) is 22.9 Å². The first-order chi connectivity index (χ1) is 11.0. The zero-order valence-corrected chi connectivity index (χ0v) is 12.7. The Morgan fingerprint density at radius 2 is 1.57 bits per heavy atom. The maximum absolute atomic E-state index is 12.9. The molecule has 2 aromatic carbocycles. The van der Waals surface area contributed by atoms with Crippen LogP contribution >= 0.6 is 0 Å². The normalized spacial score (nSPS) is 10.2. The molecule has 0 fully saturated rings. The van der Waals surface area contributed by atoms with Crippen molar-refractivity contribution < 1.29 is 23.5 Å². The van der Waals surface area contributed by atoms with Crippen LogP contribution in [0.2, 0.25) is 0 Å². The topological polar surface area (TPSA) is 70.8 Å². The summed E-state index contributed by atoms with van der Waals surface area (Å²) < 4.78 is 29.2. The summed E-state index contributed by atoms with van der Waals surface area (Å²) in [5.74, 6) is 0.465. The molecule has 0 aromatic heterocycles. The van der Waals surface area contributed by atoms with Gasteiger partial charge in [0.15, 0.2) is 11.5 Å². The van der Waals surface area contributed by atoms with Gasteiger partial charge < -0.3 is 14.2 Å². The van der Waals surface area contributed by atoms with Crippen LogP contribution in [0.15, 0.2) is 36.4 Å². The van der Waals surface area contributed by atoms with E-state index in [0.717, 1.165) is 0 Å². The number of hydrogen-bond donors (Lipinski definition) is 0. The first-order valence-electron chi connectivity index (χ1n) is 7.06. The van der Waals surface area contributed by atoms with Crippen LogP contribution in [0.4, 0.5) is 10.1 Å². The SMILES string of the molecule is CCOc1cc(Oc2ccc(F)cc2)c([N+](=O)[O-])cc1OCC. The highest BCUT2D eigenvalue weighted by Crippen LogP contribution is 2.41. The lowest BCUT2D eigenvalue weighted by Crippen LogP contribution is -2.01. The highest BCUT2D eigenvalue weighted by Gasteiger charge is 2.22. The van der Waals surface area contributed by atoms with Gasteiger partial charge in [-0.05, 0) is 38.1 Å². The van der Waals surface area contributed by atoms with E-state index in [2.05, 4.69) is 0 Å². The smallest absolute Gasteiger partial charge is 0.315 e. The number of ether oxygens (including phenoxy) is 3. The molecule has 0 aliphatic carbocycles. The van der Waals surface area contributed by atoms with Gasteiger partial charge >= 0.3 is 5.69 Å². The monoisotopic (exact) mass is 321 g/mol. The van der Waals surface area contributed by atoms with E-state index in [4.69, 9.17) is 14.2 Å². The summed E-state index contributed by atoms with van der Waals surface area (Å²) in [5, 5.41) is 11.3. The van der Waals surface area contributed by atoms with Gasteiger partial charge in [0.05, 0.1) is 24.2 Å². The zero-order chi connectivity index (χ0) is 16.8. The highest BCUT2D eigenvalue weighted by atomic mass is 19.1. The average molecular weight is 321 g/mol. The minimum Gasteiger partial charge on any atom is -0.490 e. The molecule has 0 amide bonds. The van der Waals surface area contributed by atoms with E-state index in [9.17, 15) is 14.5 Å². The minimum atomic E-state index is -0.572. The summed E-state index contributed by atoms with van der Waals surface area (Å²) >= 11 is 0. The van der Waals surface area contributed by atoms with E-state index in [1.54, 1.807) is 13.8 Å². The number of hydrogen-bond acceptors (Lipinski definition) is 5. The number of nitro groups is 1. The van der Waals surface area contributed by atoms with Crippen molar-refractivity contribution in [3.8, 4) is 23.0 Å². The van der Waals surface area contributed by atoms with Crippen LogP contribution in [-0.2, 0) is 0 Å². The van der Waals surface area contributed by atoms with Crippen LogP contribution in [-0.4, -0.2) is 18.1 Å². The maximum atomic E-state index is 12.9. The molecule has 0 N–H and O–H groups in total.